The van der Waals surface area contributed by atoms with Crippen LogP contribution in [-0.4, -0.2) is 42.2 Å². The topological polar surface area (TPSA) is 61.4 Å². The van der Waals surface area contributed by atoms with Crippen LogP contribution in [0, 0.1) is 0 Å². The van der Waals surface area contributed by atoms with Crippen LogP contribution < -0.4 is 10.6 Å². The smallest absolute Gasteiger partial charge is 0.238 e. The van der Waals surface area contributed by atoms with Crippen molar-refractivity contribution in [2.45, 2.75) is 6.42 Å². The van der Waals surface area contributed by atoms with Crippen LogP contribution in [0.5, 0.6) is 0 Å². The Labute approximate surface area is 122 Å². The highest BCUT2D eigenvalue weighted by atomic mass is 35.5. The molecule has 0 saturated heterocycles. The summed E-state index contributed by atoms with van der Waals surface area (Å²) in [7, 11) is 0. The van der Waals surface area contributed by atoms with Crippen LogP contribution in [0.25, 0.3) is 0 Å². The van der Waals surface area contributed by atoms with E-state index in [9.17, 15) is 4.79 Å². The third-order valence-corrected chi connectivity index (χ3v) is 3.57. The number of hydrogen-bond donors (Lipinski definition) is 3. The molecule has 0 aliphatic heterocycles. The maximum absolute atomic E-state index is 11.6. The second-order valence-electron chi connectivity index (χ2n) is 3.92. The first-order chi connectivity index (χ1) is 9.22. The van der Waals surface area contributed by atoms with Crippen LogP contribution in [0.2, 0.25) is 5.02 Å². The Bertz CT molecular complexity index is 391. The van der Waals surface area contributed by atoms with Crippen molar-refractivity contribution in [1.82, 2.24) is 5.32 Å². The lowest BCUT2D eigenvalue weighted by molar-refractivity contribution is -0.115. The summed E-state index contributed by atoms with van der Waals surface area (Å²) >= 11 is 7.59. The van der Waals surface area contributed by atoms with Gasteiger partial charge in [0.2, 0.25) is 5.91 Å². The minimum Gasteiger partial charge on any atom is -0.396 e. The van der Waals surface area contributed by atoms with Crippen molar-refractivity contribution in [3.63, 3.8) is 0 Å². The zero-order chi connectivity index (χ0) is 13.9. The Morgan fingerprint density at radius 1 is 1.37 bits per heavy atom. The van der Waals surface area contributed by atoms with Crippen LogP contribution in [0.4, 0.5) is 5.69 Å². The molecular weight excluding hydrogens is 284 g/mol. The van der Waals surface area contributed by atoms with Crippen molar-refractivity contribution in [3.05, 3.63) is 29.3 Å². The predicted octanol–water partition coefficient (Wildman–Crippen LogP) is 1.98. The fourth-order valence-electron chi connectivity index (χ4n) is 1.39. The van der Waals surface area contributed by atoms with Crippen LogP contribution in [-0.2, 0) is 4.79 Å². The highest BCUT2D eigenvalue weighted by Gasteiger charge is 2.01. The van der Waals surface area contributed by atoms with Crippen molar-refractivity contribution in [3.8, 4) is 0 Å². The molecule has 3 N–H and O–H groups in total. The Morgan fingerprint density at radius 3 is 2.95 bits per heavy atom. The minimum absolute atomic E-state index is 0.0809. The van der Waals surface area contributed by atoms with E-state index >= 15 is 0 Å². The van der Waals surface area contributed by atoms with Crippen molar-refractivity contribution >= 4 is 35.0 Å². The molecule has 19 heavy (non-hydrogen) atoms. The maximum atomic E-state index is 11.6. The molecule has 0 unspecified atom stereocenters. The summed E-state index contributed by atoms with van der Waals surface area (Å²) in [5, 5.41) is 15.0. The number of benzene rings is 1. The average molecular weight is 303 g/mol. The lowest BCUT2D eigenvalue weighted by Crippen LogP contribution is -2.29. The van der Waals surface area contributed by atoms with Gasteiger partial charge in [0.15, 0.2) is 0 Å². The lowest BCUT2D eigenvalue weighted by Gasteiger charge is -2.07. The zero-order valence-corrected chi connectivity index (χ0v) is 12.3. The molecule has 0 saturated carbocycles. The van der Waals surface area contributed by atoms with E-state index in [1.54, 1.807) is 36.0 Å². The van der Waals surface area contributed by atoms with Gasteiger partial charge in [-0.2, -0.15) is 11.8 Å². The molecule has 0 aliphatic carbocycles. The molecule has 0 aromatic heterocycles. The van der Waals surface area contributed by atoms with Crippen LogP contribution >= 0.6 is 23.4 Å². The SMILES string of the molecule is O=C(CNCCSCCCO)Nc1cccc(Cl)c1. The van der Waals surface area contributed by atoms with E-state index in [1.807, 2.05) is 0 Å². The fourth-order valence-corrected chi connectivity index (χ4v) is 2.40. The van der Waals surface area contributed by atoms with E-state index in [1.165, 1.54) is 0 Å². The zero-order valence-electron chi connectivity index (χ0n) is 10.7. The molecule has 0 atom stereocenters. The number of hydrogen-bond acceptors (Lipinski definition) is 4. The van der Waals surface area contributed by atoms with Crippen LogP contribution in [0.15, 0.2) is 24.3 Å². The van der Waals surface area contributed by atoms with Gasteiger partial charge < -0.3 is 15.7 Å². The molecular formula is C13H19ClN2O2S. The van der Waals surface area contributed by atoms with Gasteiger partial charge in [-0.1, -0.05) is 17.7 Å². The van der Waals surface area contributed by atoms with Gasteiger partial charge in [0.05, 0.1) is 6.54 Å². The van der Waals surface area contributed by atoms with Gasteiger partial charge in [-0.3, -0.25) is 4.79 Å². The molecule has 0 fully saturated rings. The summed E-state index contributed by atoms with van der Waals surface area (Å²) in [5.41, 5.74) is 0.705. The molecule has 0 radical (unpaired) electrons. The number of anilines is 1. The highest BCUT2D eigenvalue weighted by molar-refractivity contribution is 7.99. The van der Waals surface area contributed by atoms with E-state index in [0.29, 0.717) is 10.7 Å². The van der Waals surface area contributed by atoms with Gasteiger partial charge in [-0.15, -0.1) is 0 Å². The molecule has 106 valence electrons. The molecule has 0 bridgehead atoms. The Hall–Kier alpha value is -0.750. The monoisotopic (exact) mass is 302 g/mol. The number of amides is 1. The summed E-state index contributed by atoms with van der Waals surface area (Å²) in [6.07, 6.45) is 0.819. The summed E-state index contributed by atoms with van der Waals surface area (Å²) in [4.78, 5) is 11.6. The summed E-state index contributed by atoms with van der Waals surface area (Å²) < 4.78 is 0. The first-order valence-electron chi connectivity index (χ1n) is 6.17. The van der Waals surface area contributed by atoms with E-state index in [2.05, 4.69) is 10.6 Å². The number of aliphatic hydroxyl groups is 1. The molecule has 1 amide bonds. The summed E-state index contributed by atoms with van der Waals surface area (Å²) in [5.74, 6) is 1.81. The van der Waals surface area contributed by atoms with Crippen LogP contribution in [0.1, 0.15) is 6.42 Å². The number of carbonyl (C=O) groups is 1. The third kappa shape index (κ3) is 8.10. The molecule has 0 spiro atoms. The molecule has 4 nitrogen and oxygen atoms in total. The Morgan fingerprint density at radius 2 is 2.21 bits per heavy atom. The van der Waals surface area contributed by atoms with E-state index in [4.69, 9.17) is 16.7 Å². The number of thioether (sulfide) groups is 1. The lowest BCUT2D eigenvalue weighted by atomic mass is 10.3. The van der Waals surface area contributed by atoms with Crippen molar-refractivity contribution in [1.29, 1.82) is 0 Å². The van der Waals surface area contributed by atoms with Crippen molar-refractivity contribution in [2.24, 2.45) is 0 Å². The molecule has 1 aromatic rings. The molecule has 1 rings (SSSR count). The predicted molar refractivity (Wildman–Crippen MR) is 82.0 cm³/mol. The number of nitrogens with one attached hydrogen (secondary N) is 2. The number of aliphatic hydroxyl groups excluding tert-OH is 1. The third-order valence-electron chi connectivity index (χ3n) is 2.26. The number of carbonyl (C=O) groups excluding carboxylic acids is 1. The van der Waals surface area contributed by atoms with E-state index in [0.717, 1.165) is 24.5 Å². The van der Waals surface area contributed by atoms with Crippen molar-refractivity contribution in [2.75, 3.05) is 36.5 Å². The largest absolute Gasteiger partial charge is 0.396 e. The Balaban J connectivity index is 2.08. The molecule has 0 heterocycles. The number of halogens is 1. The normalized spacial score (nSPS) is 10.4. The van der Waals surface area contributed by atoms with E-state index in [-0.39, 0.29) is 19.1 Å². The summed E-state index contributed by atoms with van der Waals surface area (Å²) in [6.45, 7) is 1.30. The first kappa shape index (κ1) is 16.3. The molecule has 1 aromatic carbocycles. The van der Waals surface area contributed by atoms with Crippen LogP contribution in [0.3, 0.4) is 0 Å². The second kappa shape index (κ2) is 10.1. The quantitative estimate of drug-likeness (QED) is 0.611. The fraction of sp³-hybridized carbons (Fsp3) is 0.462. The Kier molecular flexibility index (Phi) is 8.66. The van der Waals surface area contributed by atoms with Gasteiger partial charge in [0.1, 0.15) is 0 Å². The van der Waals surface area contributed by atoms with E-state index < -0.39 is 0 Å². The van der Waals surface area contributed by atoms with Gasteiger partial charge >= 0.3 is 0 Å². The standard InChI is InChI=1S/C13H19ClN2O2S/c14-11-3-1-4-12(9-11)16-13(18)10-15-5-8-19-7-2-6-17/h1,3-4,9,15,17H,2,5-8,10H2,(H,16,18). The van der Waals surface area contributed by atoms with Gasteiger partial charge in [0.25, 0.3) is 0 Å². The molecule has 0 aliphatic rings. The minimum atomic E-state index is -0.0809. The maximum Gasteiger partial charge on any atom is 0.238 e. The first-order valence-corrected chi connectivity index (χ1v) is 7.70. The second-order valence-corrected chi connectivity index (χ2v) is 5.59. The number of rotatable bonds is 9. The highest BCUT2D eigenvalue weighted by Crippen LogP contribution is 2.14. The van der Waals surface area contributed by atoms with Gasteiger partial charge in [-0.25, -0.2) is 0 Å². The summed E-state index contributed by atoms with van der Waals surface area (Å²) in [6, 6.07) is 7.07. The van der Waals surface area contributed by atoms with Gasteiger partial charge in [0, 0.05) is 29.6 Å². The van der Waals surface area contributed by atoms with Gasteiger partial charge in [-0.05, 0) is 30.4 Å². The average Bonchev–Trinajstić information content (AvgIpc) is 2.37. The molecule has 6 heteroatoms. The van der Waals surface area contributed by atoms with Crippen molar-refractivity contribution < 1.29 is 9.90 Å².